The van der Waals surface area contributed by atoms with Crippen molar-refractivity contribution < 1.29 is 9.59 Å². The summed E-state index contributed by atoms with van der Waals surface area (Å²) in [7, 11) is 1.75. The maximum absolute atomic E-state index is 13.5. The number of hydrogen-bond donors (Lipinski definition) is 0. The van der Waals surface area contributed by atoms with Crippen molar-refractivity contribution in [3.63, 3.8) is 0 Å². The molecule has 2 aliphatic rings. The molecule has 4 nitrogen and oxygen atoms in total. The van der Waals surface area contributed by atoms with Gasteiger partial charge in [-0.2, -0.15) is 0 Å². The lowest BCUT2D eigenvalue weighted by molar-refractivity contribution is -0.124. The number of benzene rings is 2. The molecule has 1 unspecified atom stereocenters. The molecule has 2 heterocycles. The van der Waals surface area contributed by atoms with E-state index in [0.29, 0.717) is 29.3 Å². The summed E-state index contributed by atoms with van der Waals surface area (Å²) in [5.74, 6) is 0.147. The molecule has 2 amide bonds. The third kappa shape index (κ3) is 2.76. The van der Waals surface area contributed by atoms with E-state index in [1.54, 1.807) is 11.9 Å². The van der Waals surface area contributed by atoms with Crippen LogP contribution in [-0.4, -0.2) is 35.2 Å². The Bertz CT molecular complexity index is 990. The summed E-state index contributed by atoms with van der Waals surface area (Å²) in [6.45, 7) is 4.86. The zero-order chi connectivity index (χ0) is 19.8. The van der Waals surface area contributed by atoms with Crippen LogP contribution in [0.25, 0.3) is 11.4 Å². The van der Waals surface area contributed by atoms with Crippen LogP contribution >= 0.6 is 0 Å². The molecule has 0 spiro atoms. The highest BCUT2D eigenvalue weighted by Crippen LogP contribution is 2.46. The van der Waals surface area contributed by atoms with Gasteiger partial charge < -0.3 is 9.80 Å². The van der Waals surface area contributed by atoms with Crippen LogP contribution in [0.5, 0.6) is 0 Å². The molecule has 0 radical (unpaired) electrons. The Morgan fingerprint density at radius 3 is 1.82 bits per heavy atom. The second-order valence-corrected chi connectivity index (χ2v) is 7.47. The molecule has 1 atom stereocenters. The number of carbonyl (C=O) groups is 2. The van der Waals surface area contributed by atoms with Gasteiger partial charge in [-0.25, -0.2) is 0 Å². The van der Waals surface area contributed by atoms with Crippen molar-refractivity contribution in [2.24, 2.45) is 5.92 Å². The first-order valence-corrected chi connectivity index (χ1v) is 9.74. The zero-order valence-electron chi connectivity index (χ0n) is 16.5. The smallest absolute Gasteiger partial charge is 0.261 e. The van der Waals surface area contributed by atoms with Gasteiger partial charge in [0.1, 0.15) is 0 Å². The summed E-state index contributed by atoms with van der Waals surface area (Å²) < 4.78 is 0. The van der Waals surface area contributed by atoms with Crippen LogP contribution in [-0.2, 0) is 9.59 Å². The van der Waals surface area contributed by atoms with Gasteiger partial charge in [0.05, 0.1) is 22.5 Å². The summed E-state index contributed by atoms with van der Waals surface area (Å²) in [5.41, 5.74) is 4.28. The maximum Gasteiger partial charge on any atom is 0.261 e. The fourth-order valence-electron chi connectivity index (χ4n) is 3.91. The largest absolute Gasteiger partial charge is 0.310 e. The molecule has 4 rings (SSSR count). The minimum atomic E-state index is -0.118. The van der Waals surface area contributed by atoms with Crippen LogP contribution in [0.4, 0.5) is 0 Å². The Kier molecular flexibility index (Phi) is 4.63. The van der Waals surface area contributed by atoms with E-state index in [1.165, 1.54) is 0 Å². The monoisotopic (exact) mass is 372 g/mol. The molecule has 0 fully saturated rings. The first-order chi connectivity index (χ1) is 13.5. The number of hydrogen-bond acceptors (Lipinski definition) is 2. The third-order valence-electron chi connectivity index (χ3n) is 5.59. The normalized spacial score (nSPS) is 17.7. The predicted molar refractivity (Wildman–Crippen MR) is 111 cm³/mol. The van der Waals surface area contributed by atoms with E-state index in [4.69, 9.17) is 0 Å². The molecule has 0 saturated heterocycles. The van der Waals surface area contributed by atoms with Gasteiger partial charge >= 0.3 is 0 Å². The van der Waals surface area contributed by atoms with Crippen LogP contribution in [0.1, 0.15) is 31.4 Å². The van der Waals surface area contributed by atoms with Crippen molar-refractivity contribution >= 4 is 23.2 Å². The first-order valence-electron chi connectivity index (χ1n) is 9.74. The van der Waals surface area contributed by atoms with Gasteiger partial charge in [-0.1, -0.05) is 80.9 Å². The molecule has 142 valence electrons. The van der Waals surface area contributed by atoms with Crippen molar-refractivity contribution in [2.75, 3.05) is 13.6 Å². The quantitative estimate of drug-likeness (QED) is 0.790. The Morgan fingerprint density at radius 1 is 0.786 bits per heavy atom. The summed E-state index contributed by atoms with van der Waals surface area (Å²) in [6, 6.07) is 19.4. The molecule has 2 aliphatic heterocycles. The van der Waals surface area contributed by atoms with Gasteiger partial charge in [0, 0.05) is 13.6 Å². The third-order valence-corrected chi connectivity index (χ3v) is 5.59. The standard InChI is InChI=1S/C24H24N2O2/c1-4-16(2)15-26-22(18-13-9-6-10-14-18)20-19(24(26)28)21(25(3)23(20)27)17-11-7-5-8-12-17/h5-14,16H,4,15H2,1-3H3. The topological polar surface area (TPSA) is 40.6 Å². The van der Waals surface area contributed by atoms with E-state index in [9.17, 15) is 9.59 Å². The highest BCUT2D eigenvalue weighted by molar-refractivity contribution is 6.30. The van der Waals surface area contributed by atoms with E-state index in [-0.39, 0.29) is 11.8 Å². The summed E-state index contributed by atoms with van der Waals surface area (Å²) in [6.07, 6.45) is 0.972. The molecule has 2 aromatic carbocycles. The van der Waals surface area contributed by atoms with Gasteiger partial charge in [0.25, 0.3) is 11.8 Å². The molecule has 2 aromatic rings. The SMILES string of the molecule is CCC(C)CN1C(=O)C2=C(c3ccccc3)N(C)C(=O)C2=C1c1ccccc1. The van der Waals surface area contributed by atoms with Gasteiger partial charge in [0.15, 0.2) is 0 Å². The number of likely N-dealkylation sites (N-methyl/N-ethyl adjacent to an activating group) is 1. The van der Waals surface area contributed by atoms with E-state index < -0.39 is 0 Å². The highest BCUT2D eigenvalue weighted by atomic mass is 16.2. The zero-order valence-corrected chi connectivity index (χ0v) is 16.5. The number of nitrogens with zero attached hydrogens (tertiary/aromatic N) is 2. The molecule has 0 saturated carbocycles. The second kappa shape index (κ2) is 7.12. The molecule has 28 heavy (non-hydrogen) atoms. The molecule has 0 aromatic heterocycles. The molecular formula is C24H24N2O2. The van der Waals surface area contributed by atoms with Crippen LogP contribution < -0.4 is 0 Å². The van der Waals surface area contributed by atoms with E-state index in [1.807, 2.05) is 65.6 Å². The number of amides is 2. The lowest BCUT2D eigenvalue weighted by atomic mass is 10.0. The molecule has 0 N–H and O–H groups in total. The summed E-state index contributed by atoms with van der Waals surface area (Å²) in [5, 5.41) is 0. The van der Waals surface area contributed by atoms with E-state index in [2.05, 4.69) is 13.8 Å². The fraction of sp³-hybridized carbons (Fsp3) is 0.250. The van der Waals surface area contributed by atoms with Gasteiger partial charge in [-0.3, -0.25) is 9.59 Å². The second-order valence-electron chi connectivity index (χ2n) is 7.47. The number of fused-ring (bicyclic) bond motifs is 1. The van der Waals surface area contributed by atoms with Crippen molar-refractivity contribution in [1.82, 2.24) is 9.80 Å². The lowest BCUT2D eigenvalue weighted by Gasteiger charge is -2.25. The van der Waals surface area contributed by atoms with E-state index in [0.717, 1.165) is 23.2 Å². The Morgan fingerprint density at radius 2 is 1.29 bits per heavy atom. The summed E-state index contributed by atoms with van der Waals surface area (Å²) in [4.78, 5) is 30.2. The highest BCUT2D eigenvalue weighted by Gasteiger charge is 2.47. The Balaban J connectivity index is 1.96. The number of rotatable bonds is 5. The van der Waals surface area contributed by atoms with E-state index >= 15 is 0 Å². The van der Waals surface area contributed by atoms with Crippen LogP contribution in [0.3, 0.4) is 0 Å². The van der Waals surface area contributed by atoms with Gasteiger partial charge in [-0.05, 0) is 17.0 Å². The van der Waals surface area contributed by atoms with Gasteiger partial charge in [-0.15, -0.1) is 0 Å². The van der Waals surface area contributed by atoms with Crippen molar-refractivity contribution in [2.45, 2.75) is 20.3 Å². The Labute approximate surface area is 165 Å². The average molecular weight is 372 g/mol. The predicted octanol–water partition coefficient (Wildman–Crippen LogP) is 4.17. The lowest BCUT2D eigenvalue weighted by Crippen LogP contribution is -2.31. The molecule has 0 aliphatic carbocycles. The maximum atomic E-state index is 13.5. The minimum Gasteiger partial charge on any atom is -0.310 e. The van der Waals surface area contributed by atoms with Crippen LogP contribution in [0.2, 0.25) is 0 Å². The molecular weight excluding hydrogens is 348 g/mol. The van der Waals surface area contributed by atoms with Crippen LogP contribution in [0.15, 0.2) is 71.8 Å². The van der Waals surface area contributed by atoms with Crippen molar-refractivity contribution in [3.05, 3.63) is 82.9 Å². The minimum absolute atomic E-state index is 0.0780. The number of carbonyl (C=O) groups excluding carboxylic acids is 2. The fourth-order valence-corrected chi connectivity index (χ4v) is 3.91. The first kappa shape index (κ1) is 18.2. The molecule has 4 heteroatoms. The van der Waals surface area contributed by atoms with Gasteiger partial charge in [0.2, 0.25) is 0 Å². The Hall–Kier alpha value is -3.14. The van der Waals surface area contributed by atoms with Crippen LogP contribution in [0, 0.1) is 5.92 Å². The summed E-state index contributed by atoms with van der Waals surface area (Å²) >= 11 is 0. The molecule has 0 bridgehead atoms. The van der Waals surface area contributed by atoms with Crippen molar-refractivity contribution in [3.8, 4) is 0 Å². The average Bonchev–Trinajstić information content (AvgIpc) is 3.15. The van der Waals surface area contributed by atoms with Crippen molar-refractivity contribution in [1.29, 1.82) is 0 Å².